The maximum Gasteiger partial charge on any atom is 0.219 e. The lowest BCUT2D eigenvalue weighted by Gasteiger charge is -2.40. The van der Waals surface area contributed by atoms with E-state index in [1.54, 1.807) is 14.4 Å². The Morgan fingerprint density at radius 2 is 1.93 bits per heavy atom. The molecule has 1 aromatic heterocycles. The third kappa shape index (κ3) is 3.19. The van der Waals surface area contributed by atoms with Gasteiger partial charge < -0.3 is 14.4 Å². The summed E-state index contributed by atoms with van der Waals surface area (Å²) in [5, 5.41) is 0.0585. The molecule has 146 valence electrons. The zero-order valence-corrected chi connectivity index (χ0v) is 16.2. The minimum Gasteiger partial charge on any atom is -0.363 e. The topological polar surface area (TPSA) is 45.6 Å². The summed E-state index contributed by atoms with van der Waals surface area (Å²) in [5.74, 6) is -1.50. The minimum absolute atomic E-state index is 0.0472. The fraction of sp³-hybridized carbons (Fsp3) is 0.500. The number of anilines is 1. The Hall–Kier alpha value is -2.44. The van der Waals surface area contributed by atoms with Crippen molar-refractivity contribution in [1.29, 1.82) is 0 Å². The van der Waals surface area contributed by atoms with Crippen molar-refractivity contribution in [3.05, 3.63) is 39.7 Å². The number of halogens is 2. The summed E-state index contributed by atoms with van der Waals surface area (Å²) >= 11 is 0. The summed E-state index contributed by atoms with van der Waals surface area (Å²) in [6.07, 6.45) is 0.583. The molecule has 3 rings (SSSR count). The largest absolute Gasteiger partial charge is 0.363 e. The molecule has 5 nitrogen and oxygen atoms in total. The first kappa shape index (κ1) is 19.3. The van der Waals surface area contributed by atoms with Gasteiger partial charge in [0, 0.05) is 50.9 Å². The van der Waals surface area contributed by atoms with Gasteiger partial charge in [-0.3, -0.25) is 9.59 Å². The van der Waals surface area contributed by atoms with Crippen LogP contribution in [0.4, 0.5) is 14.5 Å². The number of fused-ring (bicyclic) bond motifs is 1. The van der Waals surface area contributed by atoms with Crippen LogP contribution >= 0.6 is 0 Å². The highest BCUT2D eigenvalue weighted by Crippen LogP contribution is 2.31. The number of pyridine rings is 1. The molecule has 0 aliphatic carbocycles. The fourth-order valence-electron chi connectivity index (χ4n) is 4.07. The highest BCUT2D eigenvalue weighted by molar-refractivity contribution is 5.85. The standard InChI is InChI=1S/C20H25F2N3O2/c1-5-14-9-17(27)15-10-16(21)20(18(22)19(15)24(14)6-2)23-7-8-25(13(4)26)12(3)11-23/h9-10,12H,5-8,11H2,1-4H3. The molecule has 27 heavy (non-hydrogen) atoms. The molecule has 0 bridgehead atoms. The first-order valence-corrected chi connectivity index (χ1v) is 9.36. The molecule has 2 heterocycles. The molecule has 1 aliphatic rings. The highest BCUT2D eigenvalue weighted by atomic mass is 19.1. The molecule has 1 fully saturated rings. The first-order chi connectivity index (χ1) is 12.8. The number of carbonyl (C=O) groups is 1. The van der Waals surface area contributed by atoms with Crippen LogP contribution in [0.25, 0.3) is 10.9 Å². The molecule has 1 unspecified atom stereocenters. The lowest BCUT2D eigenvalue weighted by Crippen LogP contribution is -2.54. The summed E-state index contributed by atoms with van der Waals surface area (Å²) in [4.78, 5) is 27.4. The predicted molar refractivity (Wildman–Crippen MR) is 102 cm³/mol. The normalized spacial score (nSPS) is 17.6. The number of hydrogen-bond acceptors (Lipinski definition) is 3. The monoisotopic (exact) mass is 377 g/mol. The van der Waals surface area contributed by atoms with Crippen molar-refractivity contribution in [3.63, 3.8) is 0 Å². The van der Waals surface area contributed by atoms with Crippen LogP contribution in [0.5, 0.6) is 0 Å². The van der Waals surface area contributed by atoms with Crippen molar-refractivity contribution in [2.75, 3.05) is 24.5 Å². The van der Waals surface area contributed by atoms with Gasteiger partial charge in [0.05, 0.1) is 10.9 Å². The Morgan fingerprint density at radius 3 is 2.48 bits per heavy atom. The van der Waals surface area contributed by atoms with Crippen molar-refractivity contribution < 1.29 is 13.6 Å². The lowest BCUT2D eigenvalue weighted by atomic mass is 10.1. The number of benzene rings is 1. The van der Waals surface area contributed by atoms with E-state index in [1.807, 2.05) is 20.8 Å². The SMILES string of the molecule is CCc1cc(=O)c2cc(F)c(N3CCN(C(C)=O)C(C)C3)c(F)c2n1CC. The van der Waals surface area contributed by atoms with Gasteiger partial charge in [-0.15, -0.1) is 0 Å². The Balaban J connectivity index is 2.18. The zero-order chi connectivity index (χ0) is 19.9. The van der Waals surface area contributed by atoms with E-state index in [1.165, 1.54) is 13.0 Å². The third-order valence-electron chi connectivity index (χ3n) is 5.37. The van der Waals surface area contributed by atoms with E-state index < -0.39 is 11.6 Å². The second-order valence-corrected chi connectivity index (χ2v) is 7.02. The molecule has 1 amide bonds. The second-order valence-electron chi connectivity index (χ2n) is 7.02. The summed E-state index contributed by atoms with van der Waals surface area (Å²) < 4.78 is 32.1. The van der Waals surface area contributed by atoms with E-state index in [9.17, 15) is 14.0 Å². The molecule has 1 aromatic carbocycles. The van der Waals surface area contributed by atoms with E-state index in [0.717, 1.165) is 11.8 Å². The van der Waals surface area contributed by atoms with Crippen LogP contribution in [0.1, 0.15) is 33.4 Å². The molecule has 0 spiro atoms. The zero-order valence-electron chi connectivity index (χ0n) is 16.2. The van der Waals surface area contributed by atoms with E-state index >= 15 is 4.39 Å². The van der Waals surface area contributed by atoms with Crippen molar-refractivity contribution in [2.45, 2.75) is 46.7 Å². The van der Waals surface area contributed by atoms with Gasteiger partial charge in [-0.25, -0.2) is 8.78 Å². The average molecular weight is 377 g/mol. The number of carbonyl (C=O) groups excluding carboxylic acids is 1. The van der Waals surface area contributed by atoms with Gasteiger partial charge in [0.2, 0.25) is 5.91 Å². The highest BCUT2D eigenvalue weighted by Gasteiger charge is 2.30. The molecule has 0 N–H and O–H groups in total. The van der Waals surface area contributed by atoms with Crippen LogP contribution in [-0.2, 0) is 17.8 Å². The van der Waals surface area contributed by atoms with Gasteiger partial charge in [-0.05, 0) is 26.3 Å². The Bertz CT molecular complexity index is 955. The Morgan fingerprint density at radius 1 is 1.22 bits per heavy atom. The van der Waals surface area contributed by atoms with Gasteiger partial charge in [0.1, 0.15) is 11.5 Å². The van der Waals surface area contributed by atoms with Crippen molar-refractivity contribution in [3.8, 4) is 0 Å². The van der Waals surface area contributed by atoms with Crippen LogP contribution < -0.4 is 10.3 Å². The molecule has 1 aliphatic heterocycles. The Kier molecular flexibility index (Phi) is 5.22. The van der Waals surface area contributed by atoms with Crippen LogP contribution in [-0.4, -0.2) is 41.1 Å². The number of hydrogen-bond donors (Lipinski definition) is 0. The number of aryl methyl sites for hydroxylation is 2. The number of aromatic nitrogens is 1. The van der Waals surface area contributed by atoms with Crippen LogP contribution in [0.3, 0.4) is 0 Å². The summed E-state index contributed by atoms with van der Waals surface area (Å²) in [7, 11) is 0. The number of rotatable bonds is 3. The summed E-state index contributed by atoms with van der Waals surface area (Å²) in [5.41, 5.74) is 0.388. The number of amides is 1. The van der Waals surface area contributed by atoms with Gasteiger partial charge in [-0.2, -0.15) is 0 Å². The molecular formula is C20H25F2N3O2. The smallest absolute Gasteiger partial charge is 0.219 e. The summed E-state index contributed by atoms with van der Waals surface area (Å²) in [6, 6.07) is 2.45. The van der Waals surface area contributed by atoms with Gasteiger partial charge in [0.25, 0.3) is 0 Å². The van der Waals surface area contributed by atoms with Crippen LogP contribution in [0, 0.1) is 11.6 Å². The number of nitrogens with zero attached hydrogens (tertiary/aromatic N) is 3. The van der Waals surface area contributed by atoms with E-state index in [0.29, 0.717) is 32.6 Å². The quantitative estimate of drug-likeness (QED) is 0.826. The molecule has 1 saturated heterocycles. The maximum atomic E-state index is 15.5. The predicted octanol–water partition coefficient (Wildman–Crippen LogP) is 2.92. The molecule has 0 radical (unpaired) electrons. The molecule has 1 atom stereocenters. The van der Waals surface area contributed by atoms with E-state index in [2.05, 4.69) is 0 Å². The van der Waals surface area contributed by atoms with Crippen molar-refractivity contribution in [2.24, 2.45) is 0 Å². The Labute approximate surface area is 157 Å². The first-order valence-electron chi connectivity index (χ1n) is 9.36. The summed E-state index contributed by atoms with van der Waals surface area (Å²) in [6.45, 7) is 8.70. The molecule has 7 heteroatoms. The number of piperazine rings is 1. The van der Waals surface area contributed by atoms with Crippen molar-refractivity contribution in [1.82, 2.24) is 9.47 Å². The molecular weight excluding hydrogens is 352 g/mol. The lowest BCUT2D eigenvalue weighted by molar-refractivity contribution is -0.131. The third-order valence-corrected chi connectivity index (χ3v) is 5.37. The minimum atomic E-state index is -0.743. The maximum absolute atomic E-state index is 15.5. The molecule has 2 aromatic rings. The van der Waals surface area contributed by atoms with Crippen molar-refractivity contribution >= 4 is 22.5 Å². The van der Waals surface area contributed by atoms with Crippen LogP contribution in [0.15, 0.2) is 16.9 Å². The molecule has 0 saturated carbocycles. The van der Waals surface area contributed by atoms with Gasteiger partial charge in [-0.1, -0.05) is 6.92 Å². The average Bonchev–Trinajstić information content (AvgIpc) is 2.61. The van der Waals surface area contributed by atoms with Gasteiger partial charge in [0.15, 0.2) is 11.2 Å². The van der Waals surface area contributed by atoms with E-state index in [-0.39, 0.29) is 34.0 Å². The van der Waals surface area contributed by atoms with Gasteiger partial charge >= 0.3 is 0 Å². The fourth-order valence-corrected chi connectivity index (χ4v) is 4.07. The second kappa shape index (κ2) is 7.29. The van der Waals surface area contributed by atoms with Crippen LogP contribution in [0.2, 0.25) is 0 Å². The van der Waals surface area contributed by atoms with E-state index in [4.69, 9.17) is 0 Å².